The molecule has 3 aliphatic rings. The number of nitrogens with zero attached hydrogens (tertiary/aromatic N) is 2. The van der Waals surface area contributed by atoms with Crippen LogP contribution in [0.4, 0.5) is 5.69 Å². The second kappa shape index (κ2) is 5.96. The first-order valence-corrected chi connectivity index (χ1v) is 8.57. The van der Waals surface area contributed by atoms with Crippen LogP contribution in [-0.4, -0.2) is 43.5 Å². The highest BCUT2D eigenvalue weighted by Crippen LogP contribution is 2.44. The van der Waals surface area contributed by atoms with Crippen LogP contribution in [0.5, 0.6) is 5.75 Å². The summed E-state index contributed by atoms with van der Waals surface area (Å²) in [6.07, 6.45) is 6.48. The van der Waals surface area contributed by atoms with Crippen molar-refractivity contribution >= 4 is 17.5 Å². The summed E-state index contributed by atoms with van der Waals surface area (Å²) in [5.41, 5.74) is 0.828. The van der Waals surface area contributed by atoms with Crippen molar-refractivity contribution in [3.63, 3.8) is 0 Å². The van der Waals surface area contributed by atoms with Crippen LogP contribution in [0.2, 0.25) is 0 Å². The number of carbonyl (C=O) groups excluding carboxylic acids is 2. The van der Waals surface area contributed by atoms with Crippen molar-refractivity contribution in [3.05, 3.63) is 36.4 Å². The van der Waals surface area contributed by atoms with Gasteiger partial charge in [0.05, 0.1) is 7.11 Å². The molecule has 4 rings (SSSR count). The van der Waals surface area contributed by atoms with Crippen LogP contribution in [0.25, 0.3) is 0 Å². The Kier molecular flexibility index (Phi) is 3.79. The van der Waals surface area contributed by atoms with Gasteiger partial charge in [0.15, 0.2) is 0 Å². The van der Waals surface area contributed by atoms with Crippen LogP contribution < -0.4 is 9.64 Å². The Morgan fingerprint density at radius 3 is 2.75 bits per heavy atom. The molecule has 126 valence electrons. The maximum Gasteiger partial charge on any atom is 0.246 e. The summed E-state index contributed by atoms with van der Waals surface area (Å²) in [6, 6.07) is 7.49. The molecule has 2 bridgehead atoms. The van der Waals surface area contributed by atoms with Crippen molar-refractivity contribution in [1.29, 1.82) is 0 Å². The predicted molar refractivity (Wildman–Crippen MR) is 90.8 cm³/mol. The predicted octanol–water partition coefficient (Wildman–Crippen LogP) is 2.08. The van der Waals surface area contributed by atoms with Gasteiger partial charge in [-0.2, -0.15) is 0 Å². The van der Waals surface area contributed by atoms with Crippen molar-refractivity contribution < 1.29 is 14.3 Å². The number of hydrogen-bond acceptors (Lipinski definition) is 3. The molecule has 1 saturated heterocycles. The molecular weight excluding hydrogens is 304 g/mol. The fourth-order valence-electron chi connectivity index (χ4n) is 4.21. The van der Waals surface area contributed by atoms with Crippen molar-refractivity contribution in [2.75, 3.05) is 31.6 Å². The Morgan fingerprint density at radius 1 is 1.21 bits per heavy atom. The molecule has 3 unspecified atom stereocenters. The first kappa shape index (κ1) is 15.2. The molecule has 2 aliphatic carbocycles. The Hall–Kier alpha value is -2.30. The Balaban J connectivity index is 1.43. The molecule has 5 heteroatoms. The third-order valence-electron chi connectivity index (χ3n) is 5.49. The van der Waals surface area contributed by atoms with Crippen molar-refractivity contribution in [2.24, 2.45) is 17.8 Å². The maximum absolute atomic E-state index is 12.8. The molecule has 2 fully saturated rings. The van der Waals surface area contributed by atoms with Gasteiger partial charge in [-0.25, -0.2) is 0 Å². The fraction of sp³-hybridized carbons (Fsp3) is 0.474. The number of anilines is 1. The molecule has 0 N–H and O–H groups in total. The van der Waals surface area contributed by atoms with Crippen LogP contribution in [0.3, 0.4) is 0 Å². The summed E-state index contributed by atoms with van der Waals surface area (Å²) in [5.74, 6) is 1.89. The highest BCUT2D eigenvalue weighted by molar-refractivity contribution is 5.98. The van der Waals surface area contributed by atoms with E-state index in [1.54, 1.807) is 16.9 Å². The van der Waals surface area contributed by atoms with E-state index in [2.05, 4.69) is 12.2 Å². The molecule has 0 spiro atoms. The standard InChI is InChI=1S/C19H22N2O3/c1-24-16-4-2-3-15(11-16)21-8-7-20(12-18(21)22)19(23)17-10-13-5-6-14(17)9-13/h2-6,11,13-14,17H,7-10,12H2,1H3. The van der Waals surface area contributed by atoms with Crippen LogP contribution in [-0.2, 0) is 9.59 Å². The first-order valence-electron chi connectivity index (χ1n) is 8.57. The van der Waals surface area contributed by atoms with Crippen LogP contribution >= 0.6 is 0 Å². The van der Waals surface area contributed by atoms with Gasteiger partial charge in [0.1, 0.15) is 12.3 Å². The number of allylic oxidation sites excluding steroid dienone is 2. The number of benzene rings is 1. The highest BCUT2D eigenvalue weighted by Gasteiger charge is 2.42. The van der Waals surface area contributed by atoms with Crippen LogP contribution in [0, 0.1) is 17.8 Å². The minimum atomic E-state index is -0.0263. The van der Waals surface area contributed by atoms with E-state index in [0.717, 1.165) is 24.3 Å². The van der Waals surface area contributed by atoms with Crippen LogP contribution in [0.1, 0.15) is 12.8 Å². The normalized spacial score (nSPS) is 28.5. The lowest BCUT2D eigenvalue weighted by Gasteiger charge is -2.36. The van der Waals surface area contributed by atoms with E-state index in [1.165, 1.54) is 0 Å². The minimum Gasteiger partial charge on any atom is -0.497 e. The highest BCUT2D eigenvalue weighted by atomic mass is 16.5. The van der Waals surface area contributed by atoms with Gasteiger partial charge in [-0.05, 0) is 36.8 Å². The van der Waals surface area contributed by atoms with E-state index in [9.17, 15) is 9.59 Å². The van der Waals surface area contributed by atoms with Crippen molar-refractivity contribution in [1.82, 2.24) is 4.90 Å². The molecule has 5 nitrogen and oxygen atoms in total. The van der Waals surface area contributed by atoms with Gasteiger partial charge in [-0.3, -0.25) is 9.59 Å². The topological polar surface area (TPSA) is 49.9 Å². The quantitative estimate of drug-likeness (QED) is 0.799. The summed E-state index contributed by atoms with van der Waals surface area (Å²) in [7, 11) is 1.61. The average molecular weight is 326 g/mol. The van der Waals surface area contributed by atoms with Gasteiger partial charge in [-0.1, -0.05) is 18.2 Å². The van der Waals surface area contributed by atoms with Crippen LogP contribution in [0.15, 0.2) is 36.4 Å². The molecule has 1 aromatic carbocycles. The molecule has 0 aromatic heterocycles. The SMILES string of the molecule is COc1cccc(N2CCN(C(=O)C3CC4C=CC3C4)CC2=O)c1. The molecule has 1 heterocycles. The summed E-state index contributed by atoms with van der Waals surface area (Å²) in [4.78, 5) is 28.8. The lowest BCUT2D eigenvalue weighted by molar-refractivity contribution is -0.140. The van der Waals surface area contributed by atoms with E-state index >= 15 is 0 Å². The second-order valence-electron chi connectivity index (χ2n) is 6.89. The fourth-order valence-corrected chi connectivity index (χ4v) is 4.21. The first-order chi connectivity index (χ1) is 11.7. The molecule has 1 saturated carbocycles. The molecule has 3 atom stereocenters. The smallest absolute Gasteiger partial charge is 0.246 e. The zero-order valence-electron chi connectivity index (χ0n) is 13.9. The molecular formula is C19H22N2O3. The summed E-state index contributed by atoms with van der Waals surface area (Å²) in [6.45, 7) is 1.31. The van der Waals surface area contributed by atoms with Gasteiger partial charge in [0, 0.05) is 30.8 Å². The molecule has 1 aliphatic heterocycles. The van der Waals surface area contributed by atoms with E-state index < -0.39 is 0 Å². The summed E-state index contributed by atoms with van der Waals surface area (Å²) < 4.78 is 5.23. The Labute approximate surface area is 141 Å². The minimum absolute atomic E-state index is 0.0263. The largest absolute Gasteiger partial charge is 0.497 e. The second-order valence-corrected chi connectivity index (χ2v) is 6.89. The average Bonchev–Trinajstić information content (AvgIpc) is 3.24. The number of methoxy groups -OCH3 is 1. The number of piperazine rings is 1. The zero-order valence-corrected chi connectivity index (χ0v) is 13.9. The third-order valence-corrected chi connectivity index (χ3v) is 5.49. The van der Waals surface area contributed by atoms with E-state index in [1.807, 2.05) is 24.3 Å². The number of hydrogen-bond donors (Lipinski definition) is 0. The van der Waals surface area contributed by atoms with Gasteiger partial charge in [0.2, 0.25) is 11.8 Å². The molecule has 2 amide bonds. The van der Waals surface area contributed by atoms with Gasteiger partial charge in [0.25, 0.3) is 0 Å². The summed E-state index contributed by atoms with van der Waals surface area (Å²) in [5, 5.41) is 0. The zero-order chi connectivity index (χ0) is 16.7. The maximum atomic E-state index is 12.8. The number of carbonyl (C=O) groups is 2. The lowest BCUT2D eigenvalue weighted by atomic mass is 9.92. The Morgan fingerprint density at radius 2 is 2.08 bits per heavy atom. The third kappa shape index (κ3) is 2.58. The number of fused-ring (bicyclic) bond motifs is 2. The van der Waals surface area contributed by atoms with Gasteiger partial charge < -0.3 is 14.5 Å². The molecule has 1 aromatic rings. The van der Waals surface area contributed by atoms with E-state index in [-0.39, 0.29) is 24.3 Å². The van der Waals surface area contributed by atoms with E-state index in [0.29, 0.717) is 24.9 Å². The molecule has 0 radical (unpaired) electrons. The van der Waals surface area contributed by atoms with E-state index in [4.69, 9.17) is 4.74 Å². The van der Waals surface area contributed by atoms with Crippen molar-refractivity contribution in [3.8, 4) is 5.75 Å². The number of rotatable bonds is 3. The number of amides is 2. The van der Waals surface area contributed by atoms with Gasteiger partial charge in [-0.15, -0.1) is 0 Å². The van der Waals surface area contributed by atoms with Crippen molar-refractivity contribution in [2.45, 2.75) is 12.8 Å². The Bertz CT molecular complexity index is 700. The monoisotopic (exact) mass is 326 g/mol. The number of ether oxygens (including phenoxy) is 1. The molecule has 24 heavy (non-hydrogen) atoms. The van der Waals surface area contributed by atoms with Gasteiger partial charge >= 0.3 is 0 Å². The summed E-state index contributed by atoms with van der Waals surface area (Å²) >= 11 is 0. The lowest BCUT2D eigenvalue weighted by Crippen LogP contribution is -2.54.